The Bertz CT molecular complexity index is 358. The summed E-state index contributed by atoms with van der Waals surface area (Å²) in [7, 11) is 0. The predicted molar refractivity (Wildman–Crippen MR) is 76.9 cm³/mol. The van der Waals surface area contributed by atoms with Crippen LogP contribution >= 0.6 is 11.8 Å². The Morgan fingerprint density at radius 1 is 1.58 bits per heavy atom. The summed E-state index contributed by atoms with van der Waals surface area (Å²) in [5, 5.41) is 8.64. The number of carboxylic acid groups (broad SMARTS) is 1. The maximum atomic E-state index is 12.1. The molecule has 0 radical (unpaired) electrons. The van der Waals surface area contributed by atoms with Gasteiger partial charge in [0.15, 0.2) is 0 Å². The van der Waals surface area contributed by atoms with Crippen molar-refractivity contribution in [3.63, 3.8) is 0 Å². The van der Waals surface area contributed by atoms with Crippen molar-refractivity contribution < 1.29 is 14.7 Å². The minimum absolute atomic E-state index is 0.101. The van der Waals surface area contributed by atoms with Crippen molar-refractivity contribution in [1.29, 1.82) is 0 Å². The third-order valence-electron chi connectivity index (χ3n) is 3.10. The van der Waals surface area contributed by atoms with Gasteiger partial charge in [-0.15, -0.1) is 0 Å². The second kappa shape index (κ2) is 8.22. The third-order valence-corrected chi connectivity index (χ3v) is 4.07. The number of hydrogen-bond donors (Lipinski definition) is 2. The molecule has 0 aromatic carbocycles. The molecule has 1 aliphatic carbocycles. The number of allylic oxidation sites excluding steroid dienone is 2. The molecule has 0 aliphatic heterocycles. The molecular formula is C13H22N2O3S. The molecule has 1 unspecified atom stereocenters. The number of hydrogen-bond acceptors (Lipinski definition) is 4. The van der Waals surface area contributed by atoms with Crippen LogP contribution in [-0.4, -0.2) is 46.0 Å². The molecule has 0 fully saturated rings. The van der Waals surface area contributed by atoms with Crippen LogP contribution in [0.2, 0.25) is 0 Å². The Morgan fingerprint density at radius 3 is 2.84 bits per heavy atom. The van der Waals surface area contributed by atoms with Crippen molar-refractivity contribution in [2.24, 2.45) is 5.73 Å². The van der Waals surface area contributed by atoms with Crippen molar-refractivity contribution in [3.05, 3.63) is 11.8 Å². The quantitative estimate of drug-likeness (QED) is 0.660. The molecule has 0 bridgehead atoms. The average Bonchev–Trinajstić information content (AvgIpc) is 2.88. The SMILES string of the molecule is CCN(C(=O)CSCCC(N)C(=O)O)C1=CCCC1. The number of carbonyl (C=O) groups is 2. The Kier molecular flexibility index (Phi) is 6.94. The summed E-state index contributed by atoms with van der Waals surface area (Å²) < 4.78 is 0. The van der Waals surface area contributed by atoms with E-state index >= 15 is 0 Å². The van der Waals surface area contributed by atoms with Gasteiger partial charge in [0.25, 0.3) is 0 Å². The summed E-state index contributed by atoms with van der Waals surface area (Å²) in [5.74, 6) is 0.0932. The fraction of sp³-hybridized carbons (Fsp3) is 0.692. The Labute approximate surface area is 118 Å². The fourth-order valence-electron chi connectivity index (χ4n) is 2.01. The van der Waals surface area contributed by atoms with Crippen LogP contribution < -0.4 is 5.73 Å². The number of carboxylic acids is 1. The molecule has 1 rings (SSSR count). The highest BCUT2D eigenvalue weighted by Crippen LogP contribution is 2.22. The molecule has 1 aliphatic rings. The Balaban J connectivity index is 2.28. The van der Waals surface area contributed by atoms with E-state index in [0.29, 0.717) is 24.5 Å². The third kappa shape index (κ3) is 5.24. The normalized spacial score (nSPS) is 16.0. The van der Waals surface area contributed by atoms with Crippen molar-refractivity contribution in [2.75, 3.05) is 18.1 Å². The molecule has 3 N–H and O–H groups in total. The molecule has 0 saturated heterocycles. The minimum Gasteiger partial charge on any atom is -0.480 e. The first-order valence-corrected chi connectivity index (χ1v) is 7.77. The maximum absolute atomic E-state index is 12.1. The largest absolute Gasteiger partial charge is 0.480 e. The maximum Gasteiger partial charge on any atom is 0.320 e. The zero-order valence-corrected chi connectivity index (χ0v) is 12.1. The van der Waals surface area contributed by atoms with Gasteiger partial charge in [-0.25, -0.2) is 0 Å². The Hall–Kier alpha value is -1.01. The molecule has 1 amide bonds. The lowest BCUT2D eigenvalue weighted by molar-refractivity contribution is -0.138. The molecule has 0 aromatic heterocycles. The van der Waals surface area contributed by atoms with E-state index in [4.69, 9.17) is 10.8 Å². The van der Waals surface area contributed by atoms with Crippen LogP contribution in [0.1, 0.15) is 32.6 Å². The number of carbonyl (C=O) groups excluding carboxylic acids is 1. The van der Waals surface area contributed by atoms with Crippen LogP contribution in [0, 0.1) is 0 Å². The number of nitrogens with two attached hydrogens (primary N) is 1. The highest BCUT2D eigenvalue weighted by molar-refractivity contribution is 7.99. The van der Waals surface area contributed by atoms with Crippen molar-refractivity contribution in [3.8, 4) is 0 Å². The second-order valence-corrected chi connectivity index (χ2v) is 5.62. The second-order valence-electron chi connectivity index (χ2n) is 4.51. The summed E-state index contributed by atoms with van der Waals surface area (Å²) >= 11 is 1.45. The topological polar surface area (TPSA) is 83.6 Å². The van der Waals surface area contributed by atoms with Crippen LogP contribution in [0.3, 0.4) is 0 Å². The zero-order chi connectivity index (χ0) is 14.3. The summed E-state index contributed by atoms with van der Waals surface area (Å²) in [6.07, 6.45) is 5.68. The van der Waals surface area contributed by atoms with E-state index in [9.17, 15) is 9.59 Å². The molecule has 0 heterocycles. The van der Waals surface area contributed by atoms with Crippen LogP contribution in [0.5, 0.6) is 0 Å². The molecule has 0 spiro atoms. The molecule has 19 heavy (non-hydrogen) atoms. The molecule has 0 aromatic rings. The summed E-state index contributed by atoms with van der Waals surface area (Å²) in [4.78, 5) is 24.4. The highest BCUT2D eigenvalue weighted by Gasteiger charge is 2.18. The standard InChI is InChI=1S/C13H22N2O3S/c1-2-15(10-5-3-4-6-10)12(16)9-19-8-7-11(14)13(17)18/h5,11H,2-4,6-9,14H2,1H3,(H,17,18). The first-order valence-electron chi connectivity index (χ1n) is 6.61. The van der Waals surface area contributed by atoms with E-state index in [0.717, 1.165) is 25.0 Å². The van der Waals surface area contributed by atoms with Crippen LogP contribution in [0.4, 0.5) is 0 Å². The van der Waals surface area contributed by atoms with E-state index in [2.05, 4.69) is 6.08 Å². The lowest BCUT2D eigenvalue weighted by Gasteiger charge is -2.22. The van der Waals surface area contributed by atoms with Gasteiger partial charge >= 0.3 is 5.97 Å². The first-order chi connectivity index (χ1) is 9.06. The van der Waals surface area contributed by atoms with Crippen molar-refractivity contribution in [2.45, 2.75) is 38.6 Å². The average molecular weight is 286 g/mol. The molecule has 0 saturated carbocycles. The lowest BCUT2D eigenvalue weighted by Crippen LogP contribution is -2.32. The van der Waals surface area contributed by atoms with Gasteiger partial charge < -0.3 is 15.7 Å². The summed E-state index contributed by atoms with van der Waals surface area (Å²) in [6, 6.07) is -0.831. The predicted octanol–water partition coefficient (Wildman–Crippen LogP) is 1.44. The van der Waals surface area contributed by atoms with Gasteiger partial charge in [0.2, 0.25) is 5.91 Å². The van der Waals surface area contributed by atoms with Crippen molar-refractivity contribution in [1.82, 2.24) is 4.90 Å². The zero-order valence-electron chi connectivity index (χ0n) is 11.3. The Morgan fingerprint density at radius 2 is 2.32 bits per heavy atom. The van der Waals surface area contributed by atoms with E-state index in [1.54, 1.807) is 0 Å². The van der Waals surface area contributed by atoms with Gasteiger partial charge in [-0.3, -0.25) is 9.59 Å². The van der Waals surface area contributed by atoms with E-state index in [1.807, 2.05) is 11.8 Å². The van der Waals surface area contributed by atoms with Gasteiger partial charge in [-0.2, -0.15) is 11.8 Å². The van der Waals surface area contributed by atoms with Crippen LogP contribution in [0.15, 0.2) is 11.8 Å². The van der Waals surface area contributed by atoms with Gasteiger partial charge in [0, 0.05) is 12.2 Å². The number of rotatable bonds is 8. The van der Waals surface area contributed by atoms with Gasteiger partial charge in [-0.05, 0) is 38.4 Å². The van der Waals surface area contributed by atoms with Gasteiger partial charge in [-0.1, -0.05) is 6.08 Å². The fourth-order valence-corrected chi connectivity index (χ4v) is 2.91. The molecule has 1 atom stereocenters. The summed E-state index contributed by atoms with van der Waals surface area (Å²) in [5.41, 5.74) is 6.54. The first kappa shape index (κ1) is 16.0. The van der Waals surface area contributed by atoms with E-state index in [-0.39, 0.29) is 5.91 Å². The van der Waals surface area contributed by atoms with Crippen molar-refractivity contribution >= 4 is 23.6 Å². The molecule has 6 heteroatoms. The molecular weight excluding hydrogens is 264 g/mol. The summed E-state index contributed by atoms with van der Waals surface area (Å²) in [6.45, 7) is 2.67. The van der Waals surface area contributed by atoms with Gasteiger partial charge in [0.1, 0.15) is 6.04 Å². The highest BCUT2D eigenvalue weighted by atomic mass is 32.2. The molecule has 108 valence electrons. The minimum atomic E-state index is -0.988. The van der Waals surface area contributed by atoms with Crippen LogP contribution in [0.25, 0.3) is 0 Å². The van der Waals surface area contributed by atoms with Crippen LogP contribution in [-0.2, 0) is 9.59 Å². The number of thioether (sulfide) groups is 1. The van der Waals surface area contributed by atoms with E-state index in [1.165, 1.54) is 11.8 Å². The van der Waals surface area contributed by atoms with E-state index < -0.39 is 12.0 Å². The smallest absolute Gasteiger partial charge is 0.320 e. The van der Waals surface area contributed by atoms with Gasteiger partial charge in [0.05, 0.1) is 5.75 Å². The number of amides is 1. The lowest BCUT2D eigenvalue weighted by atomic mass is 10.2. The monoisotopic (exact) mass is 286 g/mol. The molecule has 5 nitrogen and oxygen atoms in total. The number of aliphatic carboxylic acids is 1. The number of nitrogens with zero attached hydrogens (tertiary/aromatic N) is 1.